The molecule has 2 aliphatic carbocycles. The molecule has 0 aromatic carbocycles. The van der Waals surface area contributed by atoms with Gasteiger partial charge in [-0.2, -0.15) is 0 Å². The van der Waals surface area contributed by atoms with Crippen LogP contribution in [0.1, 0.15) is 65.7 Å². The molecule has 3 nitrogen and oxygen atoms in total. The summed E-state index contributed by atoms with van der Waals surface area (Å²) < 4.78 is 0. The Balaban J connectivity index is 2.26. The van der Waals surface area contributed by atoms with Gasteiger partial charge in [0.15, 0.2) is 0 Å². The van der Waals surface area contributed by atoms with Gasteiger partial charge in [0.1, 0.15) is 0 Å². The lowest BCUT2D eigenvalue weighted by Gasteiger charge is -2.57. The number of hydrogen-bond donors (Lipinski definition) is 2. The van der Waals surface area contributed by atoms with Crippen LogP contribution in [-0.4, -0.2) is 22.8 Å². The summed E-state index contributed by atoms with van der Waals surface area (Å²) in [6.45, 7) is 10.7. The number of aliphatic carboxylic acids is 1. The van der Waals surface area contributed by atoms with Crippen molar-refractivity contribution in [2.24, 2.45) is 22.7 Å². The fourth-order valence-corrected chi connectivity index (χ4v) is 5.37. The molecule has 0 heterocycles. The molecular formula is C20H32O3. The predicted molar refractivity (Wildman–Crippen MR) is 93.1 cm³/mol. The predicted octanol–water partition coefficient (Wildman–Crippen LogP) is 4.57. The molecule has 2 saturated carbocycles. The molecule has 0 aliphatic heterocycles. The Morgan fingerprint density at radius 3 is 2.70 bits per heavy atom. The number of fused-ring (bicyclic) bond motifs is 1. The van der Waals surface area contributed by atoms with Gasteiger partial charge in [-0.15, -0.1) is 0 Å². The van der Waals surface area contributed by atoms with E-state index in [0.29, 0.717) is 5.92 Å². The Kier molecular flexibility index (Phi) is 5.40. The molecule has 2 fully saturated rings. The molecule has 0 bridgehead atoms. The van der Waals surface area contributed by atoms with E-state index in [1.165, 1.54) is 11.1 Å². The molecule has 3 heteroatoms. The van der Waals surface area contributed by atoms with Crippen LogP contribution < -0.4 is 0 Å². The third-order valence-electron chi connectivity index (χ3n) is 6.78. The van der Waals surface area contributed by atoms with Crippen LogP contribution in [0.2, 0.25) is 0 Å². The van der Waals surface area contributed by atoms with E-state index in [1.54, 1.807) is 0 Å². The van der Waals surface area contributed by atoms with Crippen molar-refractivity contribution in [2.45, 2.75) is 65.7 Å². The summed E-state index contributed by atoms with van der Waals surface area (Å²) in [5.41, 5.74) is 1.96. The summed E-state index contributed by atoms with van der Waals surface area (Å²) in [5.74, 6) is -0.00260. The van der Waals surface area contributed by atoms with E-state index in [-0.39, 0.29) is 17.9 Å². The topological polar surface area (TPSA) is 57.5 Å². The maximum absolute atomic E-state index is 12.0. The third kappa shape index (κ3) is 3.26. The van der Waals surface area contributed by atoms with Crippen LogP contribution >= 0.6 is 0 Å². The van der Waals surface area contributed by atoms with Crippen LogP contribution in [0.3, 0.4) is 0 Å². The van der Waals surface area contributed by atoms with Gasteiger partial charge in [-0.3, -0.25) is 4.79 Å². The van der Waals surface area contributed by atoms with E-state index in [1.807, 2.05) is 13.0 Å². The van der Waals surface area contributed by atoms with E-state index in [2.05, 4.69) is 20.4 Å². The Labute approximate surface area is 140 Å². The minimum atomic E-state index is -0.629. The Morgan fingerprint density at radius 1 is 1.39 bits per heavy atom. The van der Waals surface area contributed by atoms with Gasteiger partial charge in [0.2, 0.25) is 0 Å². The number of aliphatic hydroxyl groups excluding tert-OH is 1. The molecule has 0 radical (unpaired) electrons. The summed E-state index contributed by atoms with van der Waals surface area (Å²) in [6.07, 6.45) is 8.65. The average molecular weight is 320 g/mol. The zero-order valence-electron chi connectivity index (χ0n) is 14.9. The van der Waals surface area contributed by atoms with Gasteiger partial charge in [0, 0.05) is 0 Å². The molecule has 0 amide bonds. The van der Waals surface area contributed by atoms with Crippen molar-refractivity contribution in [3.8, 4) is 0 Å². The van der Waals surface area contributed by atoms with Gasteiger partial charge < -0.3 is 10.2 Å². The number of carboxylic acid groups (broad SMARTS) is 1. The summed E-state index contributed by atoms with van der Waals surface area (Å²) in [4.78, 5) is 12.0. The number of aliphatic hydroxyl groups is 1. The van der Waals surface area contributed by atoms with Crippen molar-refractivity contribution in [1.82, 2.24) is 0 Å². The van der Waals surface area contributed by atoms with Crippen molar-refractivity contribution in [3.63, 3.8) is 0 Å². The molecule has 130 valence electrons. The van der Waals surface area contributed by atoms with Gasteiger partial charge in [0.05, 0.1) is 12.0 Å². The number of carbonyl (C=O) groups is 1. The normalized spacial score (nSPS) is 38.3. The second-order valence-corrected chi connectivity index (χ2v) is 8.16. The van der Waals surface area contributed by atoms with Crippen molar-refractivity contribution < 1.29 is 15.0 Å². The smallest absolute Gasteiger partial charge is 0.309 e. The maximum Gasteiger partial charge on any atom is 0.309 e. The highest BCUT2D eigenvalue weighted by molar-refractivity contribution is 5.75. The highest BCUT2D eigenvalue weighted by Crippen LogP contribution is 2.62. The number of rotatable bonds is 5. The van der Waals surface area contributed by atoms with Gasteiger partial charge in [-0.05, 0) is 69.6 Å². The van der Waals surface area contributed by atoms with Crippen LogP contribution in [0.5, 0.6) is 0 Å². The van der Waals surface area contributed by atoms with Gasteiger partial charge in [-0.1, -0.05) is 37.1 Å². The summed E-state index contributed by atoms with van der Waals surface area (Å²) >= 11 is 0. The van der Waals surface area contributed by atoms with Crippen LogP contribution in [0.15, 0.2) is 23.8 Å². The first kappa shape index (κ1) is 18.3. The maximum atomic E-state index is 12.0. The van der Waals surface area contributed by atoms with Crippen LogP contribution in [0, 0.1) is 22.7 Å². The second-order valence-electron chi connectivity index (χ2n) is 8.16. The zero-order valence-corrected chi connectivity index (χ0v) is 14.9. The molecule has 2 aliphatic rings. The van der Waals surface area contributed by atoms with Crippen molar-refractivity contribution in [1.29, 1.82) is 0 Å². The lowest BCUT2D eigenvalue weighted by atomic mass is 9.46. The number of carboxylic acids is 1. The first-order valence-corrected chi connectivity index (χ1v) is 8.93. The minimum Gasteiger partial charge on any atom is -0.481 e. The monoisotopic (exact) mass is 320 g/mol. The van der Waals surface area contributed by atoms with Crippen LogP contribution in [0.25, 0.3) is 0 Å². The molecule has 0 aromatic heterocycles. The van der Waals surface area contributed by atoms with Gasteiger partial charge >= 0.3 is 5.97 Å². The fraction of sp³-hybridized carbons (Fsp3) is 0.750. The van der Waals surface area contributed by atoms with Gasteiger partial charge in [-0.25, -0.2) is 0 Å². The minimum absolute atomic E-state index is 0.0419. The van der Waals surface area contributed by atoms with E-state index < -0.39 is 11.4 Å². The SMILES string of the molecule is C=C1CC[C@H]2[C@@](C)(CCC[C@@]2(C)C(=O)O)[C@H]1CC/C(C)=C\CO. The van der Waals surface area contributed by atoms with Gasteiger partial charge in [0.25, 0.3) is 0 Å². The summed E-state index contributed by atoms with van der Waals surface area (Å²) in [7, 11) is 0. The largest absolute Gasteiger partial charge is 0.481 e. The second kappa shape index (κ2) is 6.80. The fourth-order valence-electron chi connectivity index (χ4n) is 5.37. The Morgan fingerprint density at radius 2 is 2.09 bits per heavy atom. The standard InChI is InChI=1S/C20H32O3/c1-14(10-13-21)6-8-16-15(2)7-9-17-19(16,3)11-5-12-20(17,4)18(22)23/h10,16-17,21H,2,5-9,11-13H2,1,3-4H3,(H,22,23)/b14-10-/t16-,17-,19-,20+/m0/s1. The van der Waals surface area contributed by atoms with E-state index >= 15 is 0 Å². The Bertz CT molecular complexity index is 507. The lowest BCUT2D eigenvalue weighted by molar-refractivity contribution is -0.164. The molecule has 0 saturated heterocycles. The molecular weight excluding hydrogens is 288 g/mol. The van der Waals surface area contributed by atoms with E-state index in [0.717, 1.165) is 44.9 Å². The highest BCUT2D eigenvalue weighted by Gasteiger charge is 2.57. The van der Waals surface area contributed by atoms with E-state index in [4.69, 9.17) is 5.11 Å². The molecule has 4 atom stereocenters. The van der Waals surface area contributed by atoms with Crippen molar-refractivity contribution >= 4 is 5.97 Å². The van der Waals surface area contributed by atoms with Crippen molar-refractivity contribution in [3.05, 3.63) is 23.8 Å². The van der Waals surface area contributed by atoms with E-state index in [9.17, 15) is 9.90 Å². The highest BCUT2D eigenvalue weighted by atomic mass is 16.4. The average Bonchev–Trinajstić information content (AvgIpc) is 2.46. The quantitative estimate of drug-likeness (QED) is 0.730. The molecule has 0 aromatic rings. The summed E-state index contributed by atoms with van der Waals surface area (Å²) in [6, 6.07) is 0. The van der Waals surface area contributed by atoms with Crippen LogP contribution in [0.4, 0.5) is 0 Å². The molecule has 23 heavy (non-hydrogen) atoms. The lowest BCUT2D eigenvalue weighted by Crippen LogP contribution is -2.53. The summed E-state index contributed by atoms with van der Waals surface area (Å²) in [5, 5.41) is 18.9. The molecule has 0 unspecified atom stereocenters. The zero-order chi connectivity index (χ0) is 17.3. The first-order valence-electron chi connectivity index (χ1n) is 8.93. The number of hydrogen-bond acceptors (Lipinski definition) is 2. The first-order chi connectivity index (χ1) is 10.8. The molecule has 2 N–H and O–H groups in total. The third-order valence-corrected chi connectivity index (χ3v) is 6.78. The Hall–Kier alpha value is -1.09. The van der Waals surface area contributed by atoms with Crippen LogP contribution in [-0.2, 0) is 4.79 Å². The molecule has 0 spiro atoms. The molecule has 2 rings (SSSR count). The number of allylic oxidation sites excluding steroid dienone is 2. The van der Waals surface area contributed by atoms with Crippen molar-refractivity contribution in [2.75, 3.05) is 6.61 Å².